The maximum absolute atomic E-state index is 11.7. The second kappa shape index (κ2) is 6.02. The Morgan fingerprint density at radius 3 is 2.81 bits per heavy atom. The van der Waals surface area contributed by atoms with Gasteiger partial charge in [-0.15, -0.1) is 12.3 Å². The Kier molecular flexibility index (Phi) is 4.65. The molecule has 0 aliphatic rings. The highest BCUT2D eigenvalue weighted by Gasteiger charge is 2.14. The van der Waals surface area contributed by atoms with Crippen molar-refractivity contribution in [3.63, 3.8) is 0 Å². The number of rotatable bonds is 5. The average Bonchev–Trinajstić information content (AvgIpc) is 2.76. The zero-order chi connectivity index (χ0) is 12.0. The predicted molar refractivity (Wildman–Crippen MR) is 63.1 cm³/mol. The van der Waals surface area contributed by atoms with Gasteiger partial charge in [-0.05, 0) is 18.6 Å². The molecule has 0 aliphatic carbocycles. The van der Waals surface area contributed by atoms with E-state index in [2.05, 4.69) is 11.2 Å². The van der Waals surface area contributed by atoms with E-state index in [-0.39, 0.29) is 11.9 Å². The summed E-state index contributed by atoms with van der Waals surface area (Å²) in [5.41, 5.74) is 0. The summed E-state index contributed by atoms with van der Waals surface area (Å²) in [5.74, 6) is 3.52. The van der Waals surface area contributed by atoms with Gasteiger partial charge in [-0.25, -0.2) is 0 Å². The molecule has 0 aromatic carbocycles. The SMILES string of the molecule is C#CCC(CC)NC(=O)c1ccc(CC)o1. The number of nitrogens with one attached hydrogen (secondary N) is 1. The summed E-state index contributed by atoms with van der Waals surface area (Å²) in [6.45, 7) is 3.97. The van der Waals surface area contributed by atoms with Crippen LogP contribution in [0.2, 0.25) is 0 Å². The number of terminal acetylenes is 1. The van der Waals surface area contributed by atoms with Crippen LogP contribution in [0.3, 0.4) is 0 Å². The van der Waals surface area contributed by atoms with Crippen molar-refractivity contribution in [3.05, 3.63) is 23.7 Å². The van der Waals surface area contributed by atoms with Crippen molar-refractivity contribution in [3.8, 4) is 12.3 Å². The van der Waals surface area contributed by atoms with Gasteiger partial charge in [0.15, 0.2) is 5.76 Å². The Bertz CT molecular complexity index is 387. The van der Waals surface area contributed by atoms with E-state index >= 15 is 0 Å². The molecule has 0 bridgehead atoms. The van der Waals surface area contributed by atoms with Crippen LogP contribution in [0.5, 0.6) is 0 Å². The molecule has 0 saturated heterocycles. The Labute approximate surface area is 96.2 Å². The highest BCUT2D eigenvalue weighted by atomic mass is 16.3. The molecule has 86 valence electrons. The molecule has 1 N–H and O–H groups in total. The van der Waals surface area contributed by atoms with Crippen molar-refractivity contribution in [1.82, 2.24) is 5.32 Å². The summed E-state index contributed by atoms with van der Waals surface area (Å²) in [4.78, 5) is 11.7. The van der Waals surface area contributed by atoms with Crippen LogP contribution in [-0.4, -0.2) is 11.9 Å². The van der Waals surface area contributed by atoms with E-state index in [1.54, 1.807) is 6.07 Å². The van der Waals surface area contributed by atoms with Crippen LogP contribution < -0.4 is 5.32 Å². The van der Waals surface area contributed by atoms with Crippen molar-refractivity contribution in [2.24, 2.45) is 0 Å². The van der Waals surface area contributed by atoms with E-state index in [1.165, 1.54) is 0 Å². The van der Waals surface area contributed by atoms with Crippen molar-refractivity contribution in [1.29, 1.82) is 0 Å². The first kappa shape index (κ1) is 12.4. The smallest absolute Gasteiger partial charge is 0.287 e. The van der Waals surface area contributed by atoms with Crippen LogP contribution in [-0.2, 0) is 6.42 Å². The number of carbonyl (C=O) groups excluding carboxylic acids is 1. The van der Waals surface area contributed by atoms with Crippen molar-refractivity contribution >= 4 is 5.91 Å². The van der Waals surface area contributed by atoms with Crippen LogP contribution in [0.25, 0.3) is 0 Å². The lowest BCUT2D eigenvalue weighted by atomic mass is 10.1. The number of aryl methyl sites for hydroxylation is 1. The van der Waals surface area contributed by atoms with E-state index in [4.69, 9.17) is 10.8 Å². The van der Waals surface area contributed by atoms with Gasteiger partial charge in [-0.3, -0.25) is 4.79 Å². The molecule has 1 atom stereocenters. The third-order valence-corrected chi connectivity index (χ3v) is 2.43. The molecule has 1 aromatic heterocycles. The quantitative estimate of drug-likeness (QED) is 0.772. The highest BCUT2D eigenvalue weighted by molar-refractivity contribution is 5.91. The fourth-order valence-corrected chi connectivity index (χ4v) is 1.39. The molecule has 16 heavy (non-hydrogen) atoms. The molecule has 0 spiro atoms. The molecule has 1 amide bonds. The van der Waals surface area contributed by atoms with Gasteiger partial charge in [-0.2, -0.15) is 0 Å². The van der Waals surface area contributed by atoms with E-state index < -0.39 is 0 Å². The third-order valence-electron chi connectivity index (χ3n) is 2.43. The summed E-state index contributed by atoms with van der Waals surface area (Å²) >= 11 is 0. The zero-order valence-corrected chi connectivity index (χ0v) is 9.75. The summed E-state index contributed by atoms with van der Waals surface area (Å²) in [6, 6.07) is 3.53. The van der Waals surface area contributed by atoms with Crippen molar-refractivity contribution in [2.75, 3.05) is 0 Å². The van der Waals surface area contributed by atoms with Crippen LogP contribution >= 0.6 is 0 Å². The topological polar surface area (TPSA) is 42.2 Å². The first-order valence-corrected chi connectivity index (χ1v) is 5.54. The van der Waals surface area contributed by atoms with Crippen molar-refractivity contribution < 1.29 is 9.21 Å². The van der Waals surface area contributed by atoms with Gasteiger partial charge in [0.05, 0.1) is 0 Å². The molecule has 3 heteroatoms. The Balaban J connectivity index is 2.61. The van der Waals surface area contributed by atoms with Crippen molar-refractivity contribution in [2.45, 2.75) is 39.2 Å². The Morgan fingerprint density at radius 1 is 1.56 bits per heavy atom. The fourth-order valence-electron chi connectivity index (χ4n) is 1.39. The summed E-state index contributed by atoms with van der Waals surface area (Å²) in [6.07, 6.45) is 7.37. The number of hydrogen-bond donors (Lipinski definition) is 1. The maximum Gasteiger partial charge on any atom is 0.287 e. The van der Waals surface area contributed by atoms with E-state index in [0.717, 1.165) is 18.6 Å². The molecule has 1 aromatic rings. The molecule has 3 nitrogen and oxygen atoms in total. The predicted octanol–water partition coefficient (Wildman–Crippen LogP) is 2.37. The number of carbonyl (C=O) groups is 1. The van der Waals surface area contributed by atoms with Gasteiger partial charge < -0.3 is 9.73 Å². The Morgan fingerprint density at radius 2 is 2.31 bits per heavy atom. The van der Waals surface area contributed by atoms with E-state index in [9.17, 15) is 4.79 Å². The Hall–Kier alpha value is -1.69. The summed E-state index contributed by atoms with van der Waals surface area (Å²) in [5, 5.41) is 2.85. The number of hydrogen-bond acceptors (Lipinski definition) is 2. The minimum absolute atomic E-state index is 0.0210. The zero-order valence-electron chi connectivity index (χ0n) is 9.75. The lowest BCUT2D eigenvalue weighted by Crippen LogP contribution is -2.33. The minimum Gasteiger partial charge on any atom is -0.456 e. The number of amides is 1. The first-order valence-electron chi connectivity index (χ1n) is 5.54. The summed E-state index contributed by atoms with van der Waals surface area (Å²) in [7, 11) is 0. The molecule has 0 radical (unpaired) electrons. The first-order chi connectivity index (χ1) is 7.71. The standard InChI is InChI=1S/C13H17NO2/c1-4-7-10(5-2)14-13(15)12-9-8-11(6-3)16-12/h1,8-10H,5-7H2,2-3H3,(H,14,15). The lowest BCUT2D eigenvalue weighted by molar-refractivity contribution is 0.0907. The van der Waals surface area contributed by atoms with Crippen LogP contribution in [0.4, 0.5) is 0 Å². The summed E-state index contributed by atoms with van der Waals surface area (Å²) < 4.78 is 5.35. The van der Waals surface area contributed by atoms with Crippen LogP contribution in [0, 0.1) is 12.3 Å². The molecular weight excluding hydrogens is 202 g/mol. The molecule has 0 aliphatic heterocycles. The monoisotopic (exact) mass is 219 g/mol. The molecular formula is C13H17NO2. The average molecular weight is 219 g/mol. The maximum atomic E-state index is 11.7. The normalized spacial score (nSPS) is 11.8. The second-order valence-corrected chi connectivity index (χ2v) is 3.61. The van der Waals surface area contributed by atoms with Crippen LogP contribution in [0.15, 0.2) is 16.5 Å². The molecule has 1 rings (SSSR count). The molecule has 0 fully saturated rings. The van der Waals surface area contributed by atoms with Gasteiger partial charge in [0.2, 0.25) is 0 Å². The van der Waals surface area contributed by atoms with E-state index in [1.807, 2.05) is 19.9 Å². The molecule has 0 saturated carbocycles. The fraction of sp³-hybridized carbons (Fsp3) is 0.462. The van der Waals surface area contributed by atoms with Gasteiger partial charge in [-0.1, -0.05) is 13.8 Å². The van der Waals surface area contributed by atoms with Gasteiger partial charge >= 0.3 is 0 Å². The third kappa shape index (κ3) is 3.16. The lowest BCUT2D eigenvalue weighted by Gasteiger charge is -2.12. The molecule has 1 unspecified atom stereocenters. The number of furan rings is 1. The second-order valence-electron chi connectivity index (χ2n) is 3.61. The molecule has 1 heterocycles. The van der Waals surface area contributed by atoms with Crippen LogP contribution in [0.1, 0.15) is 43.0 Å². The van der Waals surface area contributed by atoms with Gasteiger partial charge in [0.25, 0.3) is 5.91 Å². The van der Waals surface area contributed by atoms with Gasteiger partial charge in [0, 0.05) is 18.9 Å². The largest absolute Gasteiger partial charge is 0.456 e. The van der Waals surface area contributed by atoms with E-state index in [0.29, 0.717) is 12.2 Å². The highest BCUT2D eigenvalue weighted by Crippen LogP contribution is 2.09. The van der Waals surface area contributed by atoms with Gasteiger partial charge in [0.1, 0.15) is 5.76 Å². The minimum atomic E-state index is -0.193.